The number of hydrogen-bond donors (Lipinski definition) is 1. The van der Waals surface area contributed by atoms with Gasteiger partial charge in [-0.25, -0.2) is 4.39 Å². The highest BCUT2D eigenvalue weighted by Crippen LogP contribution is 2.41. The van der Waals surface area contributed by atoms with Crippen molar-refractivity contribution in [3.63, 3.8) is 0 Å². The molecule has 1 aliphatic rings. The van der Waals surface area contributed by atoms with Gasteiger partial charge >= 0.3 is 0 Å². The van der Waals surface area contributed by atoms with Crippen LogP contribution < -0.4 is 5.32 Å². The van der Waals surface area contributed by atoms with Gasteiger partial charge in [0.05, 0.1) is 10.9 Å². The molecule has 4 rings (SSSR count). The van der Waals surface area contributed by atoms with Crippen LogP contribution in [0.5, 0.6) is 0 Å². The van der Waals surface area contributed by atoms with E-state index in [0.29, 0.717) is 23.3 Å². The number of rotatable bonds is 8. The van der Waals surface area contributed by atoms with Crippen LogP contribution in [0.2, 0.25) is 0 Å². The summed E-state index contributed by atoms with van der Waals surface area (Å²) in [6, 6.07) is 13.8. The van der Waals surface area contributed by atoms with Gasteiger partial charge in [0.1, 0.15) is 11.6 Å². The Kier molecular flexibility index (Phi) is 6.78. The number of benzene rings is 2. The van der Waals surface area contributed by atoms with Gasteiger partial charge in [0.15, 0.2) is 5.16 Å². The molecule has 0 aliphatic heterocycles. The van der Waals surface area contributed by atoms with Crippen LogP contribution in [0.15, 0.2) is 53.7 Å². The molecule has 1 saturated carbocycles. The SMILES string of the molecule is CC(=O)Nc1cccc(-n2c(SC(C)C(=O)N(C)Cc3cccc(F)c3)nnc2C2CC2)c1. The first-order valence-electron chi connectivity index (χ1n) is 10.8. The van der Waals surface area contributed by atoms with Gasteiger partial charge in [-0.1, -0.05) is 30.0 Å². The highest BCUT2D eigenvalue weighted by molar-refractivity contribution is 8.00. The van der Waals surface area contributed by atoms with Gasteiger partial charge in [-0.3, -0.25) is 14.2 Å². The molecule has 1 N–H and O–H groups in total. The minimum absolute atomic E-state index is 0.0845. The smallest absolute Gasteiger partial charge is 0.235 e. The summed E-state index contributed by atoms with van der Waals surface area (Å²) in [4.78, 5) is 26.1. The summed E-state index contributed by atoms with van der Waals surface area (Å²) in [6.07, 6.45) is 2.11. The Hall–Kier alpha value is -3.20. The number of thioether (sulfide) groups is 1. The fourth-order valence-electron chi connectivity index (χ4n) is 3.64. The van der Waals surface area contributed by atoms with Gasteiger partial charge < -0.3 is 10.2 Å². The van der Waals surface area contributed by atoms with E-state index >= 15 is 0 Å². The number of nitrogens with zero attached hydrogens (tertiary/aromatic N) is 4. The van der Waals surface area contributed by atoms with Crippen LogP contribution in [0.1, 0.15) is 44.0 Å². The summed E-state index contributed by atoms with van der Waals surface area (Å²) in [5.41, 5.74) is 2.26. The number of halogens is 1. The summed E-state index contributed by atoms with van der Waals surface area (Å²) < 4.78 is 15.5. The third kappa shape index (κ3) is 5.60. The van der Waals surface area contributed by atoms with Crippen LogP contribution in [-0.4, -0.2) is 43.8 Å². The van der Waals surface area contributed by atoms with Crippen molar-refractivity contribution < 1.29 is 14.0 Å². The topological polar surface area (TPSA) is 80.1 Å². The fraction of sp³-hybridized carbons (Fsp3) is 0.333. The van der Waals surface area contributed by atoms with Gasteiger partial charge in [0.25, 0.3) is 0 Å². The molecule has 1 unspecified atom stereocenters. The van der Waals surface area contributed by atoms with Gasteiger partial charge in [0.2, 0.25) is 11.8 Å². The summed E-state index contributed by atoms with van der Waals surface area (Å²) >= 11 is 1.34. The Morgan fingerprint density at radius 2 is 1.97 bits per heavy atom. The van der Waals surface area contributed by atoms with Gasteiger partial charge in [-0.15, -0.1) is 10.2 Å². The maximum absolute atomic E-state index is 13.5. The summed E-state index contributed by atoms with van der Waals surface area (Å²) in [7, 11) is 1.71. The van der Waals surface area contributed by atoms with Crippen LogP contribution in [-0.2, 0) is 16.1 Å². The Balaban J connectivity index is 1.54. The lowest BCUT2D eigenvalue weighted by Crippen LogP contribution is -2.33. The molecule has 0 spiro atoms. The van der Waals surface area contributed by atoms with Crippen molar-refractivity contribution in [3.8, 4) is 5.69 Å². The van der Waals surface area contributed by atoms with E-state index in [4.69, 9.17) is 0 Å². The van der Waals surface area contributed by atoms with E-state index in [2.05, 4.69) is 15.5 Å². The normalized spacial score (nSPS) is 14.1. The average Bonchev–Trinajstić information content (AvgIpc) is 3.53. The quantitative estimate of drug-likeness (QED) is 0.497. The average molecular weight is 468 g/mol. The molecule has 2 aromatic carbocycles. The number of aromatic nitrogens is 3. The standard InChI is InChI=1S/C24H26FN5O2S/c1-15(23(32)29(3)14-17-6-4-7-19(25)12-17)33-24-28-27-22(18-10-11-18)30(24)21-9-5-8-20(13-21)26-16(2)31/h4-9,12-13,15,18H,10-11,14H2,1-3H3,(H,26,31). The van der Waals surface area contributed by atoms with Crippen molar-refractivity contribution >= 4 is 29.3 Å². The lowest BCUT2D eigenvalue weighted by Gasteiger charge is -2.21. The van der Waals surface area contributed by atoms with Crippen LogP contribution in [0.3, 0.4) is 0 Å². The molecule has 0 saturated heterocycles. The maximum atomic E-state index is 13.5. The molecule has 1 heterocycles. The molecule has 0 bridgehead atoms. The second-order valence-electron chi connectivity index (χ2n) is 8.27. The molecule has 3 aromatic rings. The number of carbonyl (C=O) groups is 2. The largest absolute Gasteiger partial charge is 0.340 e. The minimum atomic E-state index is -0.419. The molecule has 1 aliphatic carbocycles. The third-order valence-electron chi connectivity index (χ3n) is 5.34. The lowest BCUT2D eigenvalue weighted by atomic mass is 10.2. The van der Waals surface area contributed by atoms with Crippen molar-refractivity contribution in [2.24, 2.45) is 0 Å². The highest BCUT2D eigenvalue weighted by atomic mass is 32.2. The number of nitrogens with one attached hydrogen (secondary N) is 1. The molecule has 1 aromatic heterocycles. The Morgan fingerprint density at radius 3 is 2.67 bits per heavy atom. The molecule has 172 valence electrons. The molecular weight excluding hydrogens is 441 g/mol. The van der Waals surface area contributed by atoms with Crippen LogP contribution in [0.25, 0.3) is 5.69 Å². The zero-order chi connectivity index (χ0) is 23.5. The summed E-state index contributed by atoms with van der Waals surface area (Å²) in [5, 5.41) is 11.8. The minimum Gasteiger partial charge on any atom is -0.340 e. The Labute approximate surface area is 196 Å². The van der Waals surface area contributed by atoms with E-state index in [0.717, 1.165) is 29.9 Å². The van der Waals surface area contributed by atoms with Crippen LogP contribution in [0, 0.1) is 5.82 Å². The first-order valence-corrected chi connectivity index (χ1v) is 11.7. The molecule has 9 heteroatoms. The van der Waals surface area contributed by atoms with E-state index in [1.165, 1.54) is 30.8 Å². The van der Waals surface area contributed by atoms with Gasteiger partial charge in [-0.2, -0.15) is 0 Å². The third-order valence-corrected chi connectivity index (χ3v) is 6.37. The summed E-state index contributed by atoms with van der Waals surface area (Å²) in [6.45, 7) is 3.62. The molecule has 2 amide bonds. The van der Waals surface area contributed by atoms with Crippen molar-refractivity contribution in [1.82, 2.24) is 19.7 Å². The fourth-order valence-corrected chi connectivity index (χ4v) is 4.63. The lowest BCUT2D eigenvalue weighted by molar-refractivity contribution is -0.129. The first-order chi connectivity index (χ1) is 15.8. The predicted octanol–water partition coefficient (Wildman–Crippen LogP) is 4.38. The van der Waals surface area contributed by atoms with Crippen LogP contribution >= 0.6 is 11.8 Å². The second-order valence-corrected chi connectivity index (χ2v) is 9.57. The van der Waals surface area contributed by atoms with E-state index < -0.39 is 5.25 Å². The summed E-state index contributed by atoms with van der Waals surface area (Å²) in [5.74, 6) is 0.661. The monoisotopic (exact) mass is 467 g/mol. The Morgan fingerprint density at radius 1 is 1.21 bits per heavy atom. The van der Waals surface area contributed by atoms with Crippen molar-refractivity contribution in [2.45, 2.75) is 49.6 Å². The van der Waals surface area contributed by atoms with Gasteiger partial charge in [0, 0.05) is 32.1 Å². The van der Waals surface area contributed by atoms with E-state index in [-0.39, 0.29) is 17.6 Å². The van der Waals surface area contributed by atoms with E-state index in [1.807, 2.05) is 35.8 Å². The van der Waals surface area contributed by atoms with Crippen molar-refractivity contribution in [3.05, 3.63) is 65.7 Å². The number of carbonyl (C=O) groups excluding carboxylic acids is 2. The predicted molar refractivity (Wildman–Crippen MR) is 126 cm³/mol. The number of anilines is 1. The Bertz CT molecular complexity index is 1180. The molecule has 7 nitrogen and oxygen atoms in total. The zero-order valence-corrected chi connectivity index (χ0v) is 19.6. The van der Waals surface area contributed by atoms with Crippen molar-refractivity contribution in [1.29, 1.82) is 0 Å². The van der Waals surface area contributed by atoms with E-state index in [9.17, 15) is 14.0 Å². The molecular formula is C24H26FN5O2S. The zero-order valence-electron chi connectivity index (χ0n) is 18.8. The van der Waals surface area contributed by atoms with Crippen molar-refractivity contribution in [2.75, 3.05) is 12.4 Å². The maximum Gasteiger partial charge on any atom is 0.235 e. The number of amides is 2. The second kappa shape index (κ2) is 9.74. The molecule has 0 radical (unpaired) electrons. The first kappa shape index (κ1) is 23.0. The molecule has 1 fully saturated rings. The molecule has 33 heavy (non-hydrogen) atoms. The molecule has 1 atom stereocenters. The van der Waals surface area contributed by atoms with Crippen LogP contribution in [0.4, 0.5) is 10.1 Å². The number of hydrogen-bond acceptors (Lipinski definition) is 5. The van der Waals surface area contributed by atoms with E-state index in [1.54, 1.807) is 24.1 Å². The highest BCUT2D eigenvalue weighted by Gasteiger charge is 2.32. The van der Waals surface area contributed by atoms with Gasteiger partial charge in [-0.05, 0) is 55.7 Å².